The molecule has 0 aliphatic carbocycles. The lowest BCUT2D eigenvalue weighted by atomic mass is 10.2. The van der Waals surface area contributed by atoms with Gasteiger partial charge in [-0.2, -0.15) is 8.42 Å². The molecule has 0 aromatic rings. The fraction of sp³-hybridized carbons (Fsp3) is 0.778. The lowest BCUT2D eigenvalue weighted by molar-refractivity contribution is -0.890. The molecule has 0 unspecified atom stereocenters. The first kappa shape index (κ1) is 28.7. The molecule has 10 heteroatoms. The standard InChI is InChI=1S/C13H25NO5S.C5H11NO2/c1-12(2)13(15)19-10-6-5-8-14(3,4)9-7-11-20(16,17)18;1-6(2,3)4-5(7)8/h1,5-11H2,2-4H3;4H2,1-3H3/p+2. The summed E-state index contributed by atoms with van der Waals surface area (Å²) in [6, 6.07) is 0. The number of carbonyl (C=O) groups is 2. The van der Waals surface area contributed by atoms with Gasteiger partial charge < -0.3 is 18.8 Å². The summed E-state index contributed by atoms with van der Waals surface area (Å²) in [6.07, 6.45) is 2.07. The molecule has 0 aliphatic rings. The number of esters is 1. The average Bonchev–Trinajstić information content (AvgIpc) is 2.42. The van der Waals surface area contributed by atoms with Crippen molar-refractivity contribution in [3.63, 3.8) is 0 Å². The Balaban J connectivity index is 0. The van der Waals surface area contributed by atoms with Gasteiger partial charge in [-0.3, -0.25) is 4.55 Å². The lowest BCUT2D eigenvalue weighted by Crippen LogP contribution is -2.41. The van der Waals surface area contributed by atoms with Crippen LogP contribution in [0.3, 0.4) is 0 Å². The third kappa shape index (κ3) is 22.6. The van der Waals surface area contributed by atoms with Crippen molar-refractivity contribution in [2.75, 3.05) is 67.2 Å². The van der Waals surface area contributed by atoms with E-state index >= 15 is 0 Å². The van der Waals surface area contributed by atoms with E-state index in [-0.39, 0.29) is 18.3 Å². The van der Waals surface area contributed by atoms with E-state index in [0.29, 0.717) is 34.1 Å². The number of hydrogen-bond acceptors (Lipinski definition) is 5. The van der Waals surface area contributed by atoms with E-state index in [4.69, 9.17) is 14.4 Å². The van der Waals surface area contributed by atoms with Crippen LogP contribution in [0.1, 0.15) is 26.2 Å². The molecule has 166 valence electrons. The number of ether oxygens (including phenoxy) is 1. The number of carboxylic acid groups (broad SMARTS) is 1. The summed E-state index contributed by atoms with van der Waals surface area (Å²) in [5.74, 6) is -1.32. The van der Waals surface area contributed by atoms with Crippen LogP contribution in [-0.4, -0.2) is 106 Å². The minimum atomic E-state index is -3.87. The van der Waals surface area contributed by atoms with Crippen molar-refractivity contribution < 1.29 is 41.4 Å². The van der Waals surface area contributed by atoms with E-state index in [1.165, 1.54) is 0 Å². The molecule has 0 saturated carbocycles. The van der Waals surface area contributed by atoms with Gasteiger partial charge in [0.1, 0.15) is 0 Å². The molecule has 0 amide bonds. The van der Waals surface area contributed by atoms with Gasteiger partial charge in [0.25, 0.3) is 10.1 Å². The highest BCUT2D eigenvalue weighted by Crippen LogP contribution is 2.05. The van der Waals surface area contributed by atoms with Gasteiger partial charge in [0.2, 0.25) is 0 Å². The highest BCUT2D eigenvalue weighted by atomic mass is 32.2. The Labute approximate surface area is 169 Å². The molecule has 0 heterocycles. The zero-order chi connectivity index (χ0) is 22.6. The molecule has 0 saturated heterocycles. The van der Waals surface area contributed by atoms with Crippen LogP contribution < -0.4 is 0 Å². The molecule has 0 aliphatic heterocycles. The fourth-order valence-corrected chi connectivity index (χ4v) is 2.62. The SMILES string of the molecule is C=C(C)C(=O)OCCCC[N+](C)(C)CCCS(=O)(=O)O.C[N+](C)(C)CC(=O)O. The Hall–Kier alpha value is -1.49. The van der Waals surface area contributed by atoms with Crippen LogP contribution in [0.2, 0.25) is 0 Å². The molecule has 0 rings (SSSR count). The van der Waals surface area contributed by atoms with Gasteiger partial charge >= 0.3 is 11.9 Å². The Morgan fingerprint density at radius 3 is 1.86 bits per heavy atom. The van der Waals surface area contributed by atoms with Crippen LogP contribution in [-0.2, 0) is 24.4 Å². The fourth-order valence-electron chi connectivity index (χ4n) is 2.12. The van der Waals surface area contributed by atoms with Gasteiger partial charge in [-0.1, -0.05) is 6.58 Å². The highest BCUT2D eigenvalue weighted by molar-refractivity contribution is 7.85. The average molecular weight is 427 g/mol. The predicted molar refractivity (Wildman–Crippen MR) is 108 cm³/mol. The molecular formula is C18H38N2O7S+2. The number of likely N-dealkylation sites (N-methyl/N-ethyl adjacent to an activating group) is 1. The second-order valence-electron chi connectivity index (χ2n) is 8.49. The van der Waals surface area contributed by atoms with E-state index in [9.17, 15) is 18.0 Å². The van der Waals surface area contributed by atoms with Crippen molar-refractivity contribution in [3.8, 4) is 0 Å². The summed E-state index contributed by atoms with van der Waals surface area (Å²) in [5.41, 5.74) is 0.395. The number of quaternary nitrogens is 2. The van der Waals surface area contributed by atoms with E-state index in [0.717, 1.165) is 19.4 Å². The molecule has 28 heavy (non-hydrogen) atoms. The Morgan fingerprint density at radius 1 is 1.00 bits per heavy atom. The molecule has 0 spiro atoms. The van der Waals surface area contributed by atoms with Crippen LogP contribution in [0.15, 0.2) is 12.2 Å². The van der Waals surface area contributed by atoms with Crippen molar-refractivity contribution in [1.82, 2.24) is 0 Å². The lowest BCUT2D eigenvalue weighted by Gasteiger charge is -2.29. The van der Waals surface area contributed by atoms with Gasteiger partial charge in [0, 0.05) is 12.0 Å². The van der Waals surface area contributed by atoms with Gasteiger partial charge in [-0.25, -0.2) is 9.59 Å². The van der Waals surface area contributed by atoms with Crippen LogP contribution in [0.4, 0.5) is 0 Å². The van der Waals surface area contributed by atoms with Crippen molar-refractivity contribution in [2.45, 2.75) is 26.2 Å². The van der Waals surface area contributed by atoms with Crippen LogP contribution in [0.25, 0.3) is 0 Å². The van der Waals surface area contributed by atoms with E-state index in [2.05, 4.69) is 6.58 Å². The summed E-state index contributed by atoms with van der Waals surface area (Å²) in [7, 11) is 5.66. The second-order valence-corrected chi connectivity index (χ2v) is 10.1. The molecule has 0 bridgehead atoms. The van der Waals surface area contributed by atoms with E-state index in [1.807, 2.05) is 35.2 Å². The van der Waals surface area contributed by atoms with Crippen LogP contribution >= 0.6 is 0 Å². The second kappa shape index (κ2) is 12.9. The molecule has 9 nitrogen and oxygen atoms in total. The molecule has 0 aromatic carbocycles. The Morgan fingerprint density at radius 2 is 1.50 bits per heavy atom. The van der Waals surface area contributed by atoms with E-state index < -0.39 is 16.1 Å². The Kier molecular flexibility index (Phi) is 13.2. The van der Waals surface area contributed by atoms with Crippen molar-refractivity contribution in [2.24, 2.45) is 0 Å². The summed E-state index contributed by atoms with van der Waals surface area (Å²) in [5, 5.41) is 8.23. The zero-order valence-electron chi connectivity index (χ0n) is 18.1. The van der Waals surface area contributed by atoms with Gasteiger partial charge in [0.15, 0.2) is 6.54 Å². The normalized spacial score (nSPS) is 12.0. The first-order valence-electron chi connectivity index (χ1n) is 9.07. The van der Waals surface area contributed by atoms with Crippen molar-refractivity contribution in [1.29, 1.82) is 0 Å². The first-order valence-corrected chi connectivity index (χ1v) is 10.7. The topological polar surface area (TPSA) is 118 Å². The highest BCUT2D eigenvalue weighted by Gasteiger charge is 2.16. The predicted octanol–water partition coefficient (Wildman–Crippen LogP) is 1.02. The monoisotopic (exact) mass is 426 g/mol. The molecule has 0 aromatic heterocycles. The third-order valence-electron chi connectivity index (χ3n) is 3.51. The third-order valence-corrected chi connectivity index (χ3v) is 4.32. The number of rotatable bonds is 12. The smallest absolute Gasteiger partial charge is 0.359 e. The van der Waals surface area contributed by atoms with Gasteiger partial charge in [-0.05, 0) is 19.8 Å². The van der Waals surface area contributed by atoms with Crippen LogP contribution in [0, 0.1) is 0 Å². The van der Waals surface area contributed by atoms with Gasteiger partial charge in [-0.15, -0.1) is 0 Å². The number of carboxylic acids is 1. The van der Waals surface area contributed by atoms with E-state index in [1.54, 1.807) is 6.92 Å². The van der Waals surface area contributed by atoms with Gasteiger partial charge in [0.05, 0.1) is 60.7 Å². The molecule has 0 fully saturated rings. The maximum atomic E-state index is 11.1. The number of hydrogen-bond donors (Lipinski definition) is 2. The summed E-state index contributed by atoms with van der Waals surface area (Å²) >= 11 is 0. The number of unbranched alkanes of at least 4 members (excludes halogenated alkanes) is 1. The molecule has 0 atom stereocenters. The zero-order valence-corrected chi connectivity index (χ0v) is 18.9. The minimum Gasteiger partial charge on any atom is -0.477 e. The minimum absolute atomic E-state index is 0.181. The largest absolute Gasteiger partial charge is 0.477 e. The first-order chi connectivity index (χ1) is 12.5. The summed E-state index contributed by atoms with van der Waals surface area (Å²) in [4.78, 5) is 21.1. The maximum absolute atomic E-state index is 11.1. The molecule has 2 N–H and O–H groups in total. The number of nitrogens with zero attached hydrogens (tertiary/aromatic N) is 2. The van der Waals surface area contributed by atoms with Crippen molar-refractivity contribution >= 4 is 22.1 Å². The molecule has 0 radical (unpaired) electrons. The Bertz CT molecular complexity index is 608. The molecular weight excluding hydrogens is 388 g/mol. The van der Waals surface area contributed by atoms with Crippen LogP contribution in [0.5, 0.6) is 0 Å². The number of aliphatic carboxylic acids is 1. The van der Waals surface area contributed by atoms with Crippen molar-refractivity contribution in [3.05, 3.63) is 12.2 Å². The summed E-state index contributed by atoms with van der Waals surface area (Å²) in [6.45, 7) is 7.19. The number of carbonyl (C=O) groups excluding carboxylic acids is 1. The maximum Gasteiger partial charge on any atom is 0.359 e. The quantitative estimate of drug-likeness (QED) is 0.157. The summed E-state index contributed by atoms with van der Waals surface area (Å²) < 4.78 is 36.1.